The van der Waals surface area contributed by atoms with Crippen molar-refractivity contribution in [2.24, 2.45) is 16.8 Å². The fourth-order valence-corrected chi connectivity index (χ4v) is 3.33. The van der Waals surface area contributed by atoms with Gasteiger partial charge in [0.2, 0.25) is 0 Å². The Kier molecular flexibility index (Phi) is 4.74. The van der Waals surface area contributed by atoms with Crippen LogP contribution in [0.2, 0.25) is 0 Å². The van der Waals surface area contributed by atoms with Crippen molar-refractivity contribution in [3.63, 3.8) is 0 Å². The first-order valence-corrected chi connectivity index (χ1v) is 7.70. The van der Waals surface area contributed by atoms with Crippen molar-refractivity contribution in [3.05, 3.63) is 0 Å². The summed E-state index contributed by atoms with van der Waals surface area (Å²) in [6.45, 7) is 8.54. The van der Waals surface area contributed by atoms with Gasteiger partial charge in [0.05, 0.1) is 6.10 Å². The van der Waals surface area contributed by atoms with Gasteiger partial charge in [-0.3, -0.25) is 4.99 Å². The molecule has 0 bridgehead atoms. The van der Waals surface area contributed by atoms with Crippen LogP contribution < -0.4 is 5.32 Å². The minimum atomic E-state index is 0.383. The summed E-state index contributed by atoms with van der Waals surface area (Å²) in [7, 11) is 0. The highest BCUT2D eigenvalue weighted by Gasteiger charge is 2.25. The second-order valence-electron chi connectivity index (χ2n) is 5.40. The third-order valence-corrected chi connectivity index (χ3v) is 4.74. The molecule has 3 nitrogen and oxygen atoms in total. The zero-order chi connectivity index (χ0) is 12.3. The van der Waals surface area contributed by atoms with Crippen molar-refractivity contribution in [2.75, 3.05) is 18.9 Å². The molecule has 3 atom stereocenters. The van der Waals surface area contributed by atoms with E-state index in [2.05, 4.69) is 26.1 Å². The Labute approximate surface area is 109 Å². The van der Waals surface area contributed by atoms with E-state index >= 15 is 0 Å². The SMILES string of the molecule is CC(C)C1CCSC(=NCC2CCOC2C)N1. The number of hydrogen-bond donors (Lipinski definition) is 1. The molecule has 0 aliphatic carbocycles. The quantitative estimate of drug-likeness (QED) is 0.842. The largest absolute Gasteiger partial charge is 0.378 e. The molecule has 2 aliphatic rings. The first kappa shape index (κ1) is 13.2. The van der Waals surface area contributed by atoms with E-state index in [0.29, 0.717) is 24.0 Å². The van der Waals surface area contributed by atoms with E-state index in [1.807, 2.05) is 11.8 Å². The first-order chi connectivity index (χ1) is 8.16. The molecule has 0 saturated carbocycles. The molecule has 2 heterocycles. The van der Waals surface area contributed by atoms with Gasteiger partial charge in [-0.25, -0.2) is 0 Å². The maximum atomic E-state index is 5.57. The van der Waals surface area contributed by atoms with Gasteiger partial charge in [-0.15, -0.1) is 0 Å². The standard InChI is InChI=1S/C13H24N2OS/c1-9(2)12-5-7-17-13(15-12)14-8-11-4-6-16-10(11)3/h9-12H,4-8H2,1-3H3,(H,14,15). The van der Waals surface area contributed by atoms with E-state index in [0.717, 1.165) is 24.7 Å². The van der Waals surface area contributed by atoms with Gasteiger partial charge in [-0.2, -0.15) is 0 Å². The molecule has 98 valence electrons. The van der Waals surface area contributed by atoms with E-state index in [-0.39, 0.29) is 0 Å². The van der Waals surface area contributed by atoms with E-state index in [1.165, 1.54) is 12.2 Å². The summed E-state index contributed by atoms with van der Waals surface area (Å²) in [5.74, 6) is 2.50. The lowest BCUT2D eigenvalue weighted by Crippen LogP contribution is -2.41. The van der Waals surface area contributed by atoms with Crippen molar-refractivity contribution < 1.29 is 4.74 Å². The minimum absolute atomic E-state index is 0.383. The number of aliphatic imine (C=N–C) groups is 1. The summed E-state index contributed by atoms with van der Waals surface area (Å²) in [5, 5.41) is 4.71. The molecule has 3 unspecified atom stereocenters. The van der Waals surface area contributed by atoms with Crippen LogP contribution in [0.5, 0.6) is 0 Å². The van der Waals surface area contributed by atoms with Crippen molar-refractivity contribution in [1.82, 2.24) is 5.32 Å². The molecule has 0 aromatic rings. The van der Waals surface area contributed by atoms with E-state index in [1.54, 1.807) is 0 Å². The smallest absolute Gasteiger partial charge is 0.156 e. The number of rotatable bonds is 3. The van der Waals surface area contributed by atoms with Crippen LogP contribution in [0.25, 0.3) is 0 Å². The zero-order valence-corrected chi connectivity index (χ0v) is 11.9. The van der Waals surface area contributed by atoms with Gasteiger partial charge >= 0.3 is 0 Å². The molecule has 17 heavy (non-hydrogen) atoms. The van der Waals surface area contributed by atoms with Gasteiger partial charge in [0.25, 0.3) is 0 Å². The number of nitrogens with zero attached hydrogens (tertiary/aromatic N) is 1. The van der Waals surface area contributed by atoms with Crippen molar-refractivity contribution in [2.45, 2.75) is 45.8 Å². The van der Waals surface area contributed by atoms with Gasteiger partial charge in [0.1, 0.15) is 0 Å². The Bertz CT molecular complexity index is 281. The number of hydrogen-bond acceptors (Lipinski definition) is 3. The summed E-state index contributed by atoms with van der Waals surface area (Å²) in [6.07, 6.45) is 2.80. The second kappa shape index (κ2) is 6.10. The first-order valence-electron chi connectivity index (χ1n) is 6.72. The summed E-state index contributed by atoms with van der Waals surface area (Å²) in [6, 6.07) is 0.604. The highest BCUT2D eigenvalue weighted by molar-refractivity contribution is 8.13. The maximum absolute atomic E-state index is 5.57. The van der Waals surface area contributed by atoms with Crippen LogP contribution in [0.3, 0.4) is 0 Å². The number of thioether (sulfide) groups is 1. The summed E-state index contributed by atoms with van der Waals surface area (Å²) in [4.78, 5) is 4.74. The number of ether oxygens (including phenoxy) is 1. The lowest BCUT2D eigenvalue weighted by atomic mass is 10.0. The average molecular weight is 256 g/mol. The third kappa shape index (κ3) is 3.62. The topological polar surface area (TPSA) is 33.6 Å². The number of nitrogens with one attached hydrogen (secondary N) is 1. The Morgan fingerprint density at radius 3 is 2.94 bits per heavy atom. The summed E-state index contributed by atoms with van der Waals surface area (Å²) >= 11 is 1.87. The van der Waals surface area contributed by atoms with Gasteiger partial charge in [0, 0.05) is 30.9 Å². The summed E-state index contributed by atoms with van der Waals surface area (Å²) in [5.41, 5.74) is 0. The van der Waals surface area contributed by atoms with Gasteiger partial charge in [0.15, 0.2) is 5.17 Å². The molecule has 2 aliphatic heterocycles. The second-order valence-corrected chi connectivity index (χ2v) is 6.49. The Morgan fingerprint density at radius 1 is 1.47 bits per heavy atom. The molecule has 2 saturated heterocycles. The fourth-order valence-electron chi connectivity index (χ4n) is 2.36. The molecule has 2 fully saturated rings. The lowest BCUT2D eigenvalue weighted by Gasteiger charge is -2.28. The molecular formula is C13H24N2OS. The van der Waals surface area contributed by atoms with E-state index in [4.69, 9.17) is 9.73 Å². The Morgan fingerprint density at radius 2 is 2.29 bits per heavy atom. The van der Waals surface area contributed by atoms with Gasteiger partial charge in [-0.1, -0.05) is 25.6 Å². The van der Waals surface area contributed by atoms with Crippen molar-refractivity contribution >= 4 is 16.9 Å². The fraction of sp³-hybridized carbons (Fsp3) is 0.923. The molecule has 0 amide bonds. The van der Waals surface area contributed by atoms with E-state index in [9.17, 15) is 0 Å². The monoisotopic (exact) mass is 256 g/mol. The highest BCUT2D eigenvalue weighted by Crippen LogP contribution is 2.22. The van der Waals surface area contributed by atoms with Gasteiger partial charge < -0.3 is 10.1 Å². The predicted molar refractivity (Wildman–Crippen MR) is 74.7 cm³/mol. The molecule has 0 aromatic carbocycles. The number of amidine groups is 1. The summed E-state index contributed by atoms with van der Waals surface area (Å²) < 4.78 is 5.57. The van der Waals surface area contributed by atoms with Crippen LogP contribution >= 0.6 is 11.8 Å². The molecule has 2 rings (SSSR count). The predicted octanol–water partition coefficient (Wildman–Crippen LogP) is 2.52. The lowest BCUT2D eigenvalue weighted by molar-refractivity contribution is 0.107. The molecule has 0 aromatic heterocycles. The molecule has 4 heteroatoms. The van der Waals surface area contributed by atoms with E-state index < -0.39 is 0 Å². The Hall–Kier alpha value is -0.220. The zero-order valence-electron chi connectivity index (χ0n) is 11.1. The maximum Gasteiger partial charge on any atom is 0.156 e. The van der Waals surface area contributed by atoms with Crippen LogP contribution in [-0.4, -0.2) is 36.2 Å². The Balaban J connectivity index is 1.84. The van der Waals surface area contributed by atoms with Crippen LogP contribution in [-0.2, 0) is 4.74 Å². The van der Waals surface area contributed by atoms with Crippen LogP contribution in [0.4, 0.5) is 0 Å². The molecule has 0 spiro atoms. The molecule has 0 radical (unpaired) electrons. The van der Waals surface area contributed by atoms with Gasteiger partial charge in [-0.05, 0) is 25.7 Å². The minimum Gasteiger partial charge on any atom is -0.378 e. The molecular weight excluding hydrogens is 232 g/mol. The van der Waals surface area contributed by atoms with Crippen molar-refractivity contribution in [1.29, 1.82) is 0 Å². The van der Waals surface area contributed by atoms with Crippen LogP contribution in [0.15, 0.2) is 4.99 Å². The highest BCUT2D eigenvalue weighted by atomic mass is 32.2. The molecule has 1 N–H and O–H groups in total. The average Bonchev–Trinajstić information content (AvgIpc) is 2.72. The van der Waals surface area contributed by atoms with Crippen LogP contribution in [0, 0.1) is 11.8 Å². The normalized spacial score (nSPS) is 36.5. The van der Waals surface area contributed by atoms with Crippen molar-refractivity contribution in [3.8, 4) is 0 Å². The third-order valence-electron chi connectivity index (χ3n) is 3.78. The van der Waals surface area contributed by atoms with Crippen LogP contribution in [0.1, 0.15) is 33.6 Å².